The molecule has 1 N–H and O–H groups in total. The molecule has 1 saturated heterocycles. The van der Waals surface area contributed by atoms with Gasteiger partial charge >= 0.3 is 5.97 Å². The van der Waals surface area contributed by atoms with Gasteiger partial charge in [0.1, 0.15) is 12.1 Å². The van der Waals surface area contributed by atoms with E-state index in [1.54, 1.807) is 0 Å². The lowest BCUT2D eigenvalue weighted by Crippen LogP contribution is -2.45. The van der Waals surface area contributed by atoms with E-state index in [0.29, 0.717) is 17.9 Å². The molecule has 1 aliphatic carbocycles. The van der Waals surface area contributed by atoms with Gasteiger partial charge in [-0.25, -0.2) is 4.79 Å². The predicted molar refractivity (Wildman–Crippen MR) is 102 cm³/mol. The smallest absolute Gasteiger partial charge is 0.329 e. The highest BCUT2D eigenvalue weighted by molar-refractivity contribution is 6.31. The van der Waals surface area contributed by atoms with Gasteiger partial charge in [-0.1, -0.05) is 23.8 Å². The van der Waals surface area contributed by atoms with Gasteiger partial charge < -0.3 is 10.1 Å². The Morgan fingerprint density at radius 3 is 2.48 bits per heavy atom. The average molecular weight is 416 g/mol. The fourth-order valence-corrected chi connectivity index (χ4v) is 3.65. The zero-order valence-corrected chi connectivity index (χ0v) is 16.3. The first-order valence-corrected chi connectivity index (χ1v) is 9.39. The molecule has 1 fully saturated rings. The first-order valence-electron chi connectivity index (χ1n) is 9.01. The molecule has 29 heavy (non-hydrogen) atoms. The minimum Gasteiger partial charge on any atom is -0.454 e. The van der Waals surface area contributed by atoms with Gasteiger partial charge in [-0.2, -0.15) is 5.26 Å². The van der Waals surface area contributed by atoms with Crippen LogP contribution in [0.1, 0.15) is 25.3 Å². The fourth-order valence-electron chi connectivity index (χ4n) is 3.47. The van der Waals surface area contributed by atoms with Crippen molar-refractivity contribution in [1.29, 1.82) is 5.26 Å². The number of likely N-dealkylation sites (tertiary alicyclic amines) is 1. The molecular weight excluding hydrogens is 398 g/mol. The van der Waals surface area contributed by atoms with Gasteiger partial charge in [-0.3, -0.25) is 19.3 Å². The highest BCUT2D eigenvalue weighted by Gasteiger charge is 2.50. The van der Waals surface area contributed by atoms with E-state index in [1.165, 1.54) is 25.1 Å². The number of rotatable bonds is 5. The number of nitriles is 1. The summed E-state index contributed by atoms with van der Waals surface area (Å²) in [6, 6.07) is 5.14. The van der Waals surface area contributed by atoms with Crippen molar-refractivity contribution in [3.8, 4) is 6.07 Å². The molecule has 0 unspecified atom stereocenters. The second-order valence-corrected chi connectivity index (χ2v) is 7.27. The van der Waals surface area contributed by atoms with E-state index in [0.717, 1.165) is 4.90 Å². The van der Waals surface area contributed by atoms with Gasteiger partial charge in [0.05, 0.1) is 23.1 Å². The Bertz CT molecular complexity index is 926. The summed E-state index contributed by atoms with van der Waals surface area (Å²) in [6.45, 7) is 0.761. The minimum absolute atomic E-state index is 0.190. The number of allylic oxidation sites excluding steroid dienone is 2. The van der Waals surface area contributed by atoms with E-state index < -0.39 is 48.2 Å². The molecule has 150 valence electrons. The highest BCUT2D eigenvalue weighted by atomic mass is 35.5. The van der Waals surface area contributed by atoms with E-state index in [1.807, 2.05) is 18.2 Å². The topological polar surface area (TPSA) is 117 Å². The van der Waals surface area contributed by atoms with Gasteiger partial charge in [0, 0.05) is 5.02 Å². The monoisotopic (exact) mass is 415 g/mol. The van der Waals surface area contributed by atoms with Gasteiger partial charge in [0.25, 0.3) is 5.91 Å². The van der Waals surface area contributed by atoms with Crippen LogP contribution in [0.25, 0.3) is 0 Å². The largest absolute Gasteiger partial charge is 0.454 e. The molecule has 1 aromatic carbocycles. The van der Waals surface area contributed by atoms with E-state index in [-0.39, 0.29) is 11.3 Å². The molecule has 0 spiro atoms. The van der Waals surface area contributed by atoms with Crippen molar-refractivity contribution in [2.45, 2.75) is 25.8 Å². The first-order chi connectivity index (χ1) is 13.8. The highest BCUT2D eigenvalue weighted by Crippen LogP contribution is 2.36. The third kappa shape index (κ3) is 4.15. The van der Waals surface area contributed by atoms with Crippen LogP contribution in [-0.4, -0.2) is 41.2 Å². The van der Waals surface area contributed by atoms with Crippen LogP contribution in [0.2, 0.25) is 5.02 Å². The lowest BCUT2D eigenvalue weighted by Gasteiger charge is -2.21. The molecule has 2 aliphatic rings. The van der Waals surface area contributed by atoms with Gasteiger partial charge in [0.15, 0.2) is 6.61 Å². The summed E-state index contributed by atoms with van der Waals surface area (Å²) in [5.74, 6) is -3.22. The number of esters is 1. The Balaban J connectivity index is 1.59. The Morgan fingerprint density at radius 1 is 1.28 bits per heavy atom. The summed E-state index contributed by atoms with van der Waals surface area (Å²) in [4.78, 5) is 50.4. The molecule has 9 heteroatoms. The number of hydrogen-bond acceptors (Lipinski definition) is 6. The molecule has 3 atom stereocenters. The molecule has 1 aromatic rings. The van der Waals surface area contributed by atoms with Crippen LogP contribution in [0.5, 0.6) is 0 Å². The van der Waals surface area contributed by atoms with E-state index in [4.69, 9.17) is 21.6 Å². The average Bonchev–Trinajstić information content (AvgIpc) is 2.96. The van der Waals surface area contributed by atoms with Crippen molar-refractivity contribution in [2.24, 2.45) is 11.8 Å². The molecule has 0 saturated carbocycles. The number of fused-ring (bicyclic) bond motifs is 1. The lowest BCUT2D eigenvalue weighted by atomic mass is 9.85. The molecule has 3 rings (SSSR count). The number of carbonyl (C=O) groups is 4. The number of anilines is 1. The standard InChI is InChI=1S/C20H18ClN3O5/c1-11(24-18(26)14-4-2-3-5-15(14)19(24)27)20(28)29-10-17(25)23-16-8-13(21)7-6-12(16)9-22/h2-3,6-8,11,14-15H,4-5,10H2,1H3,(H,23,25)/t11-,14+,15+/m0/s1. The van der Waals surface area contributed by atoms with Gasteiger partial charge in [-0.15, -0.1) is 0 Å². The summed E-state index contributed by atoms with van der Waals surface area (Å²) in [7, 11) is 0. The molecule has 1 aliphatic heterocycles. The molecule has 0 aromatic heterocycles. The van der Waals surface area contributed by atoms with Crippen molar-refractivity contribution in [3.63, 3.8) is 0 Å². The van der Waals surface area contributed by atoms with E-state index in [2.05, 4.69) is 5.32 Å². The number of carbonyl (C=O) groups excluding carboxylic acids is 4. The van der Waals surface area contributed by atoms with Crippen LogP contribution in [0.15, 0.2) is 30.4 Å². The van der Waals surface area contributed by atoms with Crippen molar-refractivity contribution >= 4 is 41.0 Å². The lowest BCUT2D eigenvalue weighted by molar-refractivity contribution is -0.159. The predicted octanol–water partition coefficient (Wildman–Crippen LogP) is 2.03. The zero-order chi connectivity index (χ0) is 21.1. The van der Waals surface area contributed by atoms with Crippen molar-refractivity contribution in [2.75, 3.05) is 11.9 Å². The third-order valence-corrected chi connectivity index (χ3v) is 5.23. The Hall–Kier alpha value is -3.18. The summed E-state index contributed by atoms with van der Waals surface area (Å²) in [6.07, 6.45) is 4.65. The molecule has 1 heterocycles. The molecule has 0 bridgehead atoms. The quantitative estimate of drug-likeness (QED) is 0.446. The summed E-state index contributed by atoms with van der Waals surface area (Å²) in [5, 5.41) is 11.8. The second kappa shape index (κ2) is 8.45. The normalized spacial score (nSPS) is 21.3. The summed E-state index contributed by atoms with van der Waals surface area (Å²) >= 11 is 5.86. The van der Waals surface area contributed by atoms with Crippen LogP contribution in [-0.2, 0) is 23.9 Å². The number of halogens is 1. The number of benzene rings is 1. The number of imide groups is 1. The fraction of sp³-hybridized carbons (Fsp3) is 0.350. The van der Waals surface area contributed by atoms with Crippen LogP contribution in [0, 0.1) is 23.2 Å². The van der Waals surface area contributed by atoms with Crippen molar-refractivity contribution in [1.82, 2.24) is 4.90 Å². The van der Waals surface area contributed by atoms with Gasteiger partial charge in [-0.05, 0) is 38.0 Å². The summed E-state index contributed by atoms with van der Waals surface area (Å²) in [5.41, 5.74) is 0.391. The zero-order valence-electron chi connectivity index (χ0n) is 15.6. The Labute approximate surface area is 172 Å². The summed E-state index contributed by atoms with van der Waals surface area (Å²) < 4.78 is 4.98. The van der Waals surface area contributed by atoms with Crippen LogP contribution < -0.4 is 5.32 Å². The number of hydrogen-bond donors (Lipinski definition) is 1. The van der Waals surface area contributed by atoms with Crippen LogP contribution in [0.4, 0.5) is 5.69 Å². The maximum absolute atomic E-state index is 12.5. The molecule has 8 nitrogen and oxygen atoms in total. The number of nitrogens with zero attached hydrogens (tertiary/aromatic N) is 2. The van der Waals surface area contributed by atoms with Crippen LogP contribution in [0.3, 0.4) is 0 Å². The number of ether oxygens (including phenoxy) is 1. The molecule has 3 amide bonds. The minimum atomic E-state index is -1.13. The van der Waals surface area contributed by atoms with Crippen molar-refractivity contribution in [3.05, 3.63) is 40.9 Å². The first kappa shape index (κ1) is 20.6. The van der Waals surface area contributed by atoms with Crippen LogP contribution >= 0.6 is 11.6 Å². The van der Waals surface area contributed by atoms with Crippen molar-refractivity contribution < 1.29 is 23.9 Å². The third-order valence-electron chi connectivity index (χ3n) is 4.99. The SMILES string of the molecule is C[C@@H](C(=O)OCC(=O)Nc1cc(Cl)ccc1C#N)N1C(=O)[C@@H]2CC=CC[C@H]2C1=O. The molecule has 0 radical (unpaired) electrons. The maximum Gasteiger partial charge on any atom is 0.329 e. The maximum atomic E-state index is 12.5. The molecular formula is C20H18ClN3O5. The Morgan fingerprint density at radius 2 is 1.90 bits per heavy atom. The number of nitrogens with one attached hydrogen (secondary N) is 1. The second-order valence-electron chi connectivity index (χ2n) is 6.84. The van der Waals surface area contributed by atoms with E-state index in [9.17, 15) is 19.2 Å². The Kier molecular flexibility index (Phi) is 5.99. The van der Waals surface area contributed by atoms with E-state index >= 15 is 0 Å². The van der Waals surface area contributed by atoms with Gasteiger partial charge in [0.2, 0.25) is 11.8 Å². The number of amides is 3.